The molecular formula is C16H26N2O3. The van der Waals surface area contributed by atoms with Gasteiger partial charge in [-0.2, -0.15) is 0 Å². The molecule has 5 heteroatoms. The average Bonchev–Trinajstić information content (AvgIpc) is 2.52. The minimum absolute atomic E-state index is 0.0198. The summed E-state index contributed by atoms with van der Waals surface area (Å²) in [7, 11) is 0. The summed E-state index contributed by atoms with van der Waals surface area (Å²) in [6, 6.07) is 5.55. The van der Waals surface area contributed by atoms with E-state index in [4.69, 9.17) is 15.2 Å². The number of carbonyl (C=O) groups excluding carboxylic acids is 1. The standard InChI is InChI=1S/C16H26N2O3/c1-4-9-20-14-8-7-13(11-17)15(10-14)21-12-16(19)18(5-2)6-3/h7-8,10H,4-6,9,11-12,17H2,1-3H3. The Balaban J connectivity index is 2.73. The quantitative estimate of drug-likeness (QED) is 0.758. The zero-order valence-electron chi connectivity index (χ0n) is 13.2. The molecule has 0 unspecified atom stereocenters. The predicted octanol–water partition coefficient (Wildman–Crippen LogP) is 2.18. The summed E-state index contributed by atoms with van der Waals surface area (Å²) in [5.41, 5.74) is 6.57. The zero-order valence-corrected chi connectivity index (χ0v) is 13.2. The molecule has 21 heavy (non-hydrogen) atoms. The summed E-state index contributed by atoms with van der Waals surface area (Å²) >= 11 is 0. The first-order chi connectivity index (χ1) is 10.2. The van der Waals surface area contributed by atoms with E-state index >= 15 is 0 Å². The van der Waals surface area contributed by atoms with Crippen LogP contribution in [0, 0.1) is 0 Å². The van der Waals surface area contributed by atoms with Crippen molar-refractivity contribution in [3.05, 3.63) is 23.8 Å². The highest BCUT2D eigenvalue weighted by atomic mass is 16.5. The van der Waals surface area contributed by atoms with Gasteiger partial charge in [-0.25, -0.2) is 0 Å². The number of benzene rings is 1. The van der Waals surface area contributed by atoms with Crippen LogP contribution >= 0.6 is 0 Å². The second-order valence-corrected chi connectivity index (χ2v) is 4.68. The lowest BCUT2D eigenvalue weighted by atomic mass is 10.2. The molecule has 1 aromatic carbocycles. The van der Waals surface area contributed by atoms with Crippen LogP contribution in [0.1, 0.15) is 32.8 Å². The first-order valence-corrected chi connectivity index (χ1v) is 7.52. The molecule has 0 fully saturated rings. The molecule has 0 aliphatic heterocycles. The molecule has 0 aliphatic rings. The Bertz CT molecular complexity index is 445. The second-order valence-electron chi connectivity index (χ2n) is 4.68. The number of amides is 1. The number of hydrogen-bond donors (Lipinski definition) is 1. The average molecular weight is 294 g/mol. The maximum Gasteiger partial charge on any atom is 0.260 e. The number of likely N-dealkylation sites (N-methyl/N-ethyl adjacent to an activating group) is 1. The topological polar surface area (TPSA) is 64.8 Å². The maximum absolute atomic E-state index is 12.0. The Hall–Kier alpha value is -1.75. The van der Waals surface area contributed by atoms with Gasteiger partial charge in [-0.15, -0.1) is 0 Å². The number of nitrogens with two attached hydrogens (primary N) is 1. The third-order valence-corrected chi connectivity index (χ3v) is 3.20. The van der Waals surface area contributed by atoms with Crippen LogP contribution in [-0.2, 0) is 11.3 Å². The Kier molecular flexibility index (Phi) is 7.61. The van der Waals surface area contributed by atoms with Gasteiger partial charge in [0.1, 0.15) is 11.5 Å². The highest BCUT2D eigenvalue weighted by Crippen LogP contribution is 2.25. The van der Waals surface area contributed by atoms with Crippen molar-refractivity contribution in [2.45, 2.75) is 33.7 Å². The van der Waals surface area contributed by atoms with E-state index < -0.39 is 0 Å². The summed E-state index contributed by atoms with van der Waals surface area (Å²) in [5, 5.41) is 0. The van der Waals surface area contributed by atoms with Gasteiger partial charge >= 0.3 is 0 Å². The first-order valence-electron chi connectivity index (χ1n) is 7.52. The van der Waals surface area contributed by atoms with E-state index in [2.05, 4.69) is 6.92 Å². The molecule has 1 rings (SSSR count). The normalized spacial score (nSPS) is 10.3. The molecule has 118 valence electrons. The number of carbonyl (C=O) groups is 1. The number of hydrogen-bond acceptors (Lipinski definition) is 4. The molecule has 0 saturated heterocycles. The van der Waals surface area contributed by atoms with E-state index in [0.717, 1.165) is 17.7 Å². The van der Waals surface area contributed by atoms with Crippen molar-refractivity contribution in [1.82, 2.24) is 4.90 Å². The summed E-state index contributed by atoms with van der Waals surface area (Å²) in [6.07, 6.45) is 0.940. The SMILES string of the molecule is CCCOc1ccc(CN)c(OCC(=O)N(CC)CC)c1. The van der Waals surface area contributed by atoms with Gasteiger partial charge in [0.2, 0.25) is 0 Å². The van der Waals surface area contributed by atoms with Crippen molar-refractivity contribution in [1.29, 1.82) is 0 Å². The van der Waals surface area contributed by atoms with Gasteiger partial charge in [-0.05, 0) is 26.3 Å². The number of rotatable bonds is 9. The fraction of sp³-hybridized carbons (Fsp3) is 0.562. The maximum atomic E-state index is 12.0. The highest BCUT2D eigenvalue weighted by Gasteiger charge is 2.12. The number of ether oxygens (including phenoxy) is 2. The van der Waals surface area contributed by atoms with E-state index in [1.807, 2.05) is 26.0 Å². The molecule has 0 radical (unpaired) electrons. The summed E-state index contributed by atoms with van der Waals surface area (Å²) < 4.78 is 11.2. The van der Waals surface area contributed by atoms with Gasteiger partial charge in [0.15, 0.2) is 6.61 Å². The van der Waals surface area contributed by atoms with Gasteiger partial charge < -0.3 is 20.1 Å². The Morgan fingerprint density at radius 1 is 1.19 bits per heavy atom. The predicted molar refractivity (Wildman–Crippen MR) is 83.5 cm³/mol. The van der Waals surface area contributed by atoms with Crippen LogP contribution in [0.25, 0.3) is 0 Å². The summed E-state index contributed by atoms with van der Waals surface area (Å²) in [5.74, 6) is 1.33. The van der Waals surface area contributed by atoms with Gasteiger partial charge in [0.05, 0.1) is 6.61 Å². The fourth-order valence-electron chi connectivity index (χ4n) is 1.95. The highest BCUT2D eigenvalue weighted by molar-refractivity contribution is 5.77. The Morgan fingerprint density at radius 3 is 2.48 bits per heavy atom. The van der Waals surface area contributed by atoms with Gasteiger partial charge in [0.25, 0.3) is 5.91 Å². The van der Waals surface area contributed by atoms with Crippen molar-refractivity contribution in [3.63, 3.8) is 0 Å². The van der Waals surface area contributed by atoms with E-state index in [0.29, 0.717) is 32.0 Å². The van der Waals surface area contributed by atoms with Crippen LogP contribution < -0.4 is 15.2 Å². The smallest absolute Gasteiger partial charge is 0.260 e. The lowest BCUT2D eigenvalue weighted by Gasteiger charge is -2.19. The fourth-order valence-corrected chi connectivity index (χ4v) is 1.95. The van der Waals surface area contributed by atoms with Crippen molar-refractivity contribution in [3.8, 4) is 11.5 Å². The lowest BCUT2D eigenvalue weighted by Crippen LogP contribution is -2.34. The molecule has 0 saturated carbocycles. The molecule has 0 atom stereocenters. The van der Waals surface area contributed by atoms with Gasteiger partial charge in [0, 0.05) is 31.3 Å². The molecule has 1 aromatic rings. The van der Waals surface area contributed by atoms with Crippen LogP contribution in [0.15, 0.2) is 18.2 Å². The molecule has 0 bridgehead atoms. The zero-order chi connectivity index (χ0) is 15.7. The molecule has 5 nitrogen and oxygen atoms in total. The number of nitrogens with zero attached hydrogens (tertiary/aromatic N) is 1. The minimum Gasteiger partial charge on any atom is -0.493 e. The van der Waals surface area contributed by atoms with Crippen LogP contribution in [0.5, 0.6) is 11.5 Å². The molecule has 1 amide bonds. The minimum atomic E-state index is -0.0251. The van der Waals surface area contributed by atoms with E-state index in [1.165, 1.54) is 0 Å². The van der Waals surface area contributed by atoms with Crippen molar-refractivity contribution in [2.75, 3.05) is 26.3 Å². The van der Waals surface area contributed by atoms with Crippen molar-refractivity contribution in [2.24, 2.45) is 5.73 Å². The molecule has 0 aromatic heterocycles. The van der Waals surface area contributed by atoms with Crippen LogP contribution in [0.3, 0.4) is 0 Å². The molecule has 0 aliphatic carbocycles. The first kappa shape index (κ1) is 17.3. The van der Waals surface area contributed by atoms with Crippen molar-refractivity contribution >= 4 is 5.91 Å². The van der Waals surface area contributed by atoms with Crippen molar-refractivity contribution < 1.29 is 14.3 Å². The Morgan fingerprint density at radius 2 is 1.90 bits per heavy atom. The monoisotopic (exact) mass is 294 g/mol. The van der Waals surface area contributed by atoms with Gasteiger partial charge in [-0.3, -0.25) is 4.79 Å². The molecule has 0 spiro atoms. The van der Waals surface area contributed by atoms with Crippen LogP contribution in [-0.4, -0.2) is 37.1 Å². The Labute approximate surface area is 127 Å². The van der Waals surface area contributed by atoms with Crippen LogP contribution in [0.4, 0.5) is 0 Å². The van der Waals surface area contributed by atoms with E-state index in [-0.39, 0.29) is 12.5 Å². The summed E-state index contributed by atoms with van der Waals surface area (Å²) in [4.78, 5) is 13.7. The largest absolute Gasteiger partial charge is 0.493 e. The molecule has 2 N–H and O–H groups in total. The van der Waals surface area contributed by atoms with Crippen LogP contribution in [0.2, 0.25) is 0 Å². The second kappa shape index (κ2) is 9.23. The van der Waals surface area contributed by atoms with E-state index in [1.54, 1.807) is 11.0 Å². The third-order valence-electron chi connectivity index (χ3n) is 3.20. The molecule has 0 heterocycles. The summed E-state index contributed by atoms with van der Waals surface area (Å²) in [6.45, 7) is 8.35. The van der Waals surface area contributed by atoms with Gasteiger partial charge in [-0.1, -0.05) is 13.0 Å². The third kappa shape index (κ3) is 5.27. The lowest BCUT2D eigenvalue weighted by molar-refractivity contribution is -0.132. The van der Waals surface area contributed by atoms with E-state index in [9.17, 15) is 4.79 Å². The molecular weight excluding hydrogens is 268 g/mol.